The van der Waals surface area contributed by atoms with Crippen LogP contribution in [0.2, 0.25) is 0 Å². The summed E-state index contributed by atoms with van der Waals surface area (Å²) in [6, 6.07) is 0.509. The molecule has 0 bridgehead atoms. The van der Waals surface area contributed by atoms with E-state index in [0.29, 0.717) is 6.04 Å². The zero-order valence-electron chi connectivity index (χ0n) is 10.2. The normalized spacial score (nSPS) is 20.9. The molecule has 1 aliphatic heterocycles. The number of carbonyl (C=O) groups excluding carboxylic acids is 1. The Morgan fingerprint density at radius 3 is 2.40 bits per heavy atom. The van der Waals surface area contributed by atoms with Gasteiger partial charge in [0, 0.05) is 31.2 Å². The van der Waals surface area contributed by atoms with Crippen LogP contribution in [0.4, 0.5) is 0 Å². The zero-order chi connectivity index (χ0) is 11.3. The van der Waals surface area contributed by atoms with Crippen molar-refractivity contribution in [3.05, 3.63) is 0 Å². The summed E-state index contributed by atoms with van der Waals surface area (Å²) >= 11 is 0. The Hall–Kier alpha value is -0.410. The van der Waals surface area contributed by atoms with Crippen LogP contribution in [-0.4, -0.2) is 43.5 Å². The van der Waals surface area contributed by atoms with E-state index in [9.17, 15) is 4.79 Å². The first kappa shape index (κ1) is 12.7. The molecule has 0 amide bonds. The highest BCUT2D eigenvalue weighted by Gasteiger charge is 2.34. The quantitative estimate of drug-likeness (QED) is 0.651. The van der Waals surface area contributed by atoms with E-state index < -0.39 is 0 Å². The van der Waals surface area contributed by atoms with Crippen molar-refractivity contribution >= 4 is 6.29 Å². The predicted molar refractivity (Wildman–Crippen MR) is 60.9 cm³/mol. The highest BCUT2D eigenvalue weighted by molar-refractivity contribution is 5.60. The van der Waals surface area contributed by atoms with Crippen LogP contribution in [0.3, 0.4) is 0 Å². The maximum Gasteiger partial charge on any atom is 0.127 e. The first-order valence-corrected chi connectivity index (χ1v) is 5.91. The lowest BCUT2D eigenvalue weighted by atomic mass is 9.81. The van der Waals surface area contributed by atoms with Gasteiger partial charge in [0.2, 0.25) is 0 Å². The molecule has 3 nitrogen and oxygen atoms in total. The number of rotatable bonds is 5. The van der Waals surface area contributed by atoms with Crippen molar-refractivity contribution < 1.29 is 9.53 Å². The maximum atomic E-state index is 11.3. The Morgan fingerprint density at radius 1 is 1.40 bits per heavy atom. The summed E-state index contributed by atoms with van der Waals surface area (Å²) in [7, 11) is 0. The average molecular weight is 213 g/mol. The first-order chi connectivity index (χ1) is 7.13. The maximum absolute atomic E-state index is 11.3. The van der Waals surface area contributed by atoms with E-state index in [1.807, 2.05) is 0 Å². The van der Waals surface area contributed by atoms with E-state index in [4.69, 9.17) is 4.74 Å². The van der Waals surface area contributed by atoms with Gasteiger partial charge in [0.25, 0.3) is 0 Å². The van der Waals surface area contributed by atoms with Gasteiger partial charge in [0.15, 0.2) is 0 Å². The Morgan fingerprint density at radius 2 is 2.00 bits per heavy atom. The predicted octanol–water partition coefficient (Wildman–Crippen LogP) is 1.71. The van der Waals surface area contributed by atoms with Crippen molar-refractivity contribution in [2.75, 3.05) is 26.3 Å². The second kappa shape index (κ2) is 5.61. The van der Waals surface area contributed by atoms with Crippen LogP contribution in [0.1, 0.15) is 33.6 Å². The number of carbonyl (C=O) groups is 1. The minimum Gasteiger partial charge on any atom is -0.381 e. The molecule has 0 atom stereocenters. The average Bonchev–Trinajstić information content (AvgIpc) is 2.27. The molecule has 1 rings (SSSR count). The summed E-state index contributed by atoms with van der Waals surface area (Å²) in [6.07, 6.45) is 2.90. The second-order valence-corrected chi connectivity index (χ2v) is 4.75. The van der Waals surface area contributed by atoms with Crippen LogP contribution in [0.5, 0.6) is 0 Å². The molecule has 0 aliphatic carbocycles. The van der Waals surface area contributed by atoms with Gasteiger partial charge in [-0.2, -0.15) is 0 Å². The first-order valence-electron chi connectivity index (χ1n) is 5.91. The summed E-state index contributed by atoms with van der Waals surface area (Å²) in [5, 5.41) is 0. The summed E-state index contributed by atoms with van der Waals surface area (Å²) in [4.78, 5) is 13.6. The van der Waals surface area contributed by atoms with Crippen LogP contribution in [0, 0.1) is 5.41 Å². The van der Waals surface area contributed by atoms with Gasteiger partial charge < -0.3 is 14.4 Å². The lowest BCUT2D eigenvalue weighted by molar-refractivity contribution is -0.123. The molecule has 1 saturated heterocycles. The number of hydrogen-bond acceptors (Lipinski definition) is 3. The SMILES string of the molecule is CCN(CC1(C=O)CCOCC1)C(C)C. The van der Waals surface area contributed by atoms with E-state index in [0.717, 1.165) is 45.4 Å². The fraction of sp³-hybridized carbons (Fsp3) is 0.917. The molecule has 88 valence electrons. The molecule has 1 heterocycles. The number of nitrogens with zero attached hydrogens (tertiary/aromatic N) is 1. The molecule has 0 saturated carbocycles. The Bertz CT molecular complexity index is 198. The molecule has 3 heteroatoms. The van der Waals surface area contributed by atoms with Crippen LogP contribution in [0.15, 0.2) is 0 Å². The van der Waals surface area contributed by atoms with Crippen molar-refractivity contribution in [2.45, 2.75) is 39.7 Å². The molecule has 15 heavy (non-hydrogen) atoms. The van der Waals surface area contributed by atoms with Crippen molar-refractivity contribution in [1.29, 1.82) is 0 Å². The highest BCUT2D eigenvalue weighted by Crippen LogP contribution is 2.29. The third kappa shape index (κ3) is 3.28. The molecule has 0 aromatic rings. The van der Waals surface area contributed by atoms with Gasteiger partial charge in [-0.1, -0.05) is 6.92 Å². The topological polar surface area (TPSA) is 29.5 Å². The van der Waals surface area contributed by atoms with E-state index in [1.54, 1.807) is 0 Å². The van der Waals surface area contributed by atoms with E-state index in [2.05, 4.69) is 25.7 Å². The van der Waals surface area contributed by atoms with Crippen molar-refractivity contribution in [1.82, 2.24) is 4.90 Å². The van der Waals surface area contributed by atoms with E-state index >= 15 is 0 Å². The van der Waals surface area contributed by atoms with Crippen molar-refractivity contribution in [2.24, 2.45) is 5.41 Å². The highest BCUT2D eigenvalue weighted by atomic mass is 16.5. The summed E-state index contributed by atoms with van der Waals surface area (Å²) < 4.78 is 5.32. The minimum atomic E-state index is -0.154. The smallest absolute Gasteiger partial charge is 0.127 e. The van der Waals surface area contributed by atoms with Gasteiger partial charge in [0.1, 0.15) is 6.29 Å². The molecule has 0 aromatic carbocycles. The second-order valence-electron chi connectivity index (χ2n) is 4.75. The van der Waals surface area contributed by atoms with E-state index in [-0.39, 0.29) is 5.41 Å². The van der Waals surface area contributed by atoms with Gasteiger partial charge in [-0.05, 0) is 33.2 Å². The van der Waals surface area contributed by atoms with E-state index in [1.165, 1.54) is 0 Å². The van der Waals surface area contributed by atoms with Crippen LogP contribution in [-0.2, 0) is 9.53 Å². The molecule has 1 fully saturated rings. The summed E-state index contributed by atoms with van der Waals surface area (Å²) in [5.74, 6) is 0. The molecule has 0 radical (unpaired) electrons. The summed E-state index contributed by atoms with van der Waals surface area (Å²) in [5.41, 5.74) is -0.154. The van der Waals surface area contributed by atoms with Gasteiger partial charge >= 0.3 is 0 Å². The Kier molecular flexibility index (Phi) is 4.74. The monoisotopic (exact) mass is 213 g/mol. The third-order valence-corrected chi connectivity index (χ3v) is 3.39. The Balaban J connectivity index is 2.61. The fourth-order valence-electron chi connectivity index (χ4n) is 2.16. The molecule has 0 aromatic heterocycles. The fourth-order valence-corrected chi connectivity index (χ4v) is 2.16. The van der Waals surface area contributed by atoms with Gasteiger partial charge in [-0.3, -0.25) is 0 Å². The molecule has 0 N–H and O–H groups in total. The van der Waals surface area contributed by atoms with Gasteiger partial charge in [-0.25, -0.2) is 0 Å². The van der Waals surface area contributed by atoms with Crippen LogP contribution < -0.4 is 0 Å². The number of hydrogen-bond donors (Lipinski definition) is 0. The van der Waals surface area contributed by atoms with Crippen molar-refractivity contribution in [3.63, 3.8) is 0 Å². The van der Waals surface area contributed by atoms with Gasteiger partial charge in [-0.15, -0.1) is 0 Å². The molecular formula is C12H23NO2. The van der Waals surface area contributed by atoms with Crippen LogP contribution >= 0.6 is 0 Å². The van der Waals surface area contributed by atoms with Crippen LogP contribution in [0.25, 0.3) is 0 Å². The molecular weight excluding hydrogens is 190 g/mol. The molecule has 0 spiro atoms. The molecule has 0 unspecified atom stereocenters. The number of ether oxygens (including phenoxy) is 1. The van der Waals surface area contributed by atoms with Gasteiger partial charge in [0.05, 0.1) is 0 Å². The summed E-state index contributed by atoms with van der Waals surface area (Å²) in [6.45, 7) is 9.87. The zero-order valence-corrected chi connectivity index (χ0v) is 10.2. The lowest BCUT2D eigenvalue weighted by Gasteiger charge is -2.38. The molecule has 1 aliphatic rings. The minimum absolute atomic E-state index is 0.154. The standard InChI is InChI=1S/C12H23NO2/c1-4-13(11(2)3)9-12(10-14)5-7-15-8-6-12/h10-11H,4-9H2,1-3H3. The lowest BCUT2D eigenvalue weighted by Crippen LogP contribution is -2.45. The largest absolute Gasteiger partial charge is 0.381 e. The third-order valence-electron chi connectivity index (χ3n) is 3.39. The Labute approximate surface area is 92.8 Å². The van der Waals surface area contributed by atoms with Crippen molar-refractivity contribution in [3.8, 4) is 0 Å². The number of aldehydes is 1.